The molecule has 5 heteroatoms. The molecule has 0 bridgehead atoms. The Hall–Kier alpha value is -2.66. The summed E-state index contributed by atoms with van der Waals surface area (Å²) >= 11 is 0. The van der Waals surface area contributed by atoms with E-state index >= 15 is 0 Å². The number of hydrogen-bond acceptors (Lipinski definition) is 4. The van der Waals surface area contributed by atoms with E-state index in [4.69, 9.17) is 9.73 Å². The fourth-order valence-electron chi connectivity index (χ4n) is 5.90. The molecule has 0 N–H and O–H groups in total. The summed E-state index contributed by atoms with van der Waals surface area (Å²) in [6, 6.07) is 18.0. The number of amides is 1. The summed E-state index contributed by atoms with van der Waals surface area (Å²) in [7, 11) is 1.67. The van der Waals surface area contributed by atoms with Crippen LogP contribution in [-0.4, -0.2) is 42.9 Å². The van der Waals surface area contributed by atoms with Crippen LogP contribution in [0.1, 0.15) is 51.4 Å². The van der Waals surface area contributed by atoms with Gasteiger partial charge in [-0.3, -0.25) is 14.6 Å². The van der Waals surface area contributed by atoms with Gasteiger partial charge in [0.25, 0.3) is 0 Å². The first kappa shape index (κ1) is 21.2. The number of carbonyl (C=O) groups is 1. The summed E-state index contributed by atoms with van der Waals surface area (Å²) in [5, 5.41) is 0. The van der Waals surface area contributed by atoms with Gasteiger partial charge in [0.2, 0.25) is 5.91 Å². The summed E-state index contributed by atoms with van der Waals surface area (Å²) in [5.74, 6) is 1.95. The van der Waals surface area contributed by atoms with Gasteiger partial charge < -0.3 is 4.74 Å². The van der Waals surface area contributed by atoms with E-state index < -0.39 is 0 Å². The highest BCUT2D eigenvalue weighted by Crippen LogP contribution is 2.50. The number of rotatable bonds is 4. The summed E-state index contributed by atoms with van der Waals surface area (Å²) in [4.78, 5) is 23.9. The molecule has 2 aromatic carbocycles. The molecule has 2 aliphatic heterocycles. The summed E-state index contributed by atoms with van der Waals surface area (Å²) in [6.45, 7) is 2.09. The van der Waals surface area contributed by atoms with Crippen molar-refractivity contribution in [3.8, 4) is 5.75 Å². The van der Waals surface area contributed by atoms with Crippen molar-refractivity contribution in [2.24, 2.45) is 10.4 Å². The SMILES string of the molecule is COc1ccc(N=C2[C@@H](N3CCCCC3)C3(CCCCC3)C(=O)N2c2ccccc2)cc1. The third kappa shape index (κ3) is 3.73. The van der Waals surface area contributed by atoms with Gasteiger partial charge in [-0.1, -0.05) is 43.9 Å². The van der Waals surface area contributed by atoms with Crippen LogP contribution in [0.25, 0.3) is 0 Å². The van der Waals surface area contributed by atoms with Crippen LogP contribution in [0.5, 0.6) is 5.75 Å². The Labute approximate surface area is 191 Å². The van der Waals surface area contributed by atoms with Crippen LogP contribution < -0.4 is 9.64 Å². The van der Waals surface area contributed by atoms with E-state index in [1.54, 1.807) is 7.11 Å². The molecule has 2 heterocycles. The highest BCUT2D eigenvalue weighted by molar-refractivity contribution is 6.27. The number of piperidine rings is 1. The molecule has 5 nitrogen and oxygen atoms in total. The zero-order chi connectivity index (χ0) is 22.0. The van der Waals surface area contributed by atoms with Crippen molar-refractivity contribution in [1.29, 1.82) is 0 Å². The molecule has 0 aromatic heterocycles. The van der Waals surface area contributed by atoms with Gasteiger partial charge in [-0.15, -0.1) is 0 Å². The van der Waals surface area contributed by atoms with Crippen molar-refractivity contribution in [3.05, 3.63) is 54.6 Å². The van der Waals surface area contributed by atoms with Gasteiger partial charge in [-0.05, 0) is 75.2 Å². The van der Waals surface area contributed by atoms with Crippen LogP contribution >= 0.6 is 0 Å². The Kier molecular flexibility index (Phi) is 6.01. The lowest BCUT2D eigenvalue weighted by molar-refractivity contribution is -0.130. The van der Waals surface area contributed by atoms with Crippen LogP contribution in [0.15, 0.2) is 59.6 Å². The minimum Gasteiger partial charge on any atom is -0.497 e. The second-order valence-corrected chi connectivity index (χ2v) is 9.36. The number of para-hydroxylation sites is 1. The predicted molar refractivity (Wildman–Crippen MR) is 129 cm³/mol. The molecule has 1 aliphatic carbocycles. The van der Waals surface area contributed by atoms with E-state index in [9.17, 15) is 4.79 Å². The van der Waals surface area contributed by atoms with Gasteiger partial charge in [0.05, 0.1) is 29.9 Å². The summed E-state index contributed by atoms with van der Waals surface area (Å²) in [6.07, 6.45) is 9.04. The largest absolute Gasteiger partial charge is 0.497 e. The molecule has 0 unspecified atom stereocenters. The smallest absolute Gasteiger partial charge is 0.240 e. The second-order valence-electron chi connectivity index (χ2n) is 9.36. The van der Waals surface area contributed by atoms with Crippen LogP contribution in [0, 0.1) is 5.41 Å². The predicted octanol–water partition coefficient (Wildman–Crippen LogP) is 5.58. The Morgan fingerprint density at radius 1 is 0.875 bits per heavy atom. The first-order chi connectivity index (χ1) is 15.7. The first-order valence-corrected chi connectivity index (χ1v) is 12.1. The van der Waals surface area contributed by atoms with Gasteiger partial charge in [0, 0.05) is 0 Å². The van der Waals surface area contributed by atoms with Gasteiger partial charge >= 0.3 is 0 Å². The fourth-order valence-corrected chi connectivity index (χ4v) is 5.90. The number of likely N-dealkylation sites (tertiary alicyclic amines) is 1. The third-order valence-corrected chi connectivity index (χ3v) is 7.46. The van der Waals surface area contributed by atoms with E-state index in [0.29, 0.717) is 0 Å². The number of benzene rings is 2. The number of carbonyl (C=O) groups excluding carboxylic acids is 1. The minimum atomic E-state index is -0.364. The molecule has 1 spiro atoms. The number of methoxy groups -OCH3 is 1. The Balaban J connectivity index is 1.66. The van der Waals surface area contributed by atoms with Crippen LogP contribution in [0.3, 0.4) is 0 Å². The van der Waals surface area contributed by atoms with Crippen LogP contribution in [-0.2, 0) is 4.79 Å². The van der Waals surface area contributed by atoms with E-state index in [2.05, 4.69) is 4.90 Å². The molecule has 1 atom stereocenters. The lowest BCUT2D eigenvalue weighted by Gasteiger charge is -2.42. The molecule has 168 valence electrons. The topological polar surface area (TPSA) is 45.1 Å². The number of aliphatic imine (C=N–C) groups is 1. The zero-order valence-corrected chi connectivity index (χ0v) is 19.0. The third-order valence-electron chi connectivity index (χ3n) is 7.46. The average Bonchev–Trinajstić information content (AvgIpc) is 3.08. The number of ether oxygens (including phenoxy) is 1. The van der Waals surface area contributed by atoms with Crippen LogP contribution in [0.4, 0.5) is 11.4 Å². The standard InChI is InChI=1S/C27H33N3O2/c1-32-23-15-13-21(14-16-23)28-25-24(29-19-9-4-10-20-29)27(17-7-3-8-18-27)26(31)30(25)22-11-5-2-6-12-22/h2,5-6,11-16,24H,3-4,7-10,17-20H2,1H3/t24-/m1/s1. The van der Waals surface area contributed by atoms with Gasteiger partial charge in [0.1, 0.15) is 11.6 Å². The van der Waals surface area contributed by atoms with E-state index in [0.717, 1.165) is 61.7 Å². The molecule has 0 radical (unpaired) electrons. The zero-order valence-electron chi connectivity index (χ0n) is 19.0. The van der Waals surface area contributed by atoms with E-state index in [-0.39, 0.29) is 17.4 Å². The molecule has 32 heavy (non-hydrogen) atoms. The van der Waals surface area contributed by atoms with Gasteiger partial charge in [0.15, 0.2) is 0 Å². The van der Waals surface area contributed by atoms with Crippen molar-refractivity contribution in [2.45, 2.75) is 57.4 Å². The van der Waals surface area contributed by atoms with E-state index in [1.165, 1.54) is 25.7 Å². The maximum Gasteiger partial charge on any atom is 0.240 e. The average molecular weight is 432 g/mol. The molecular weight excluding hydrogens is 398 g/mol. The second kappa shape index (κ2) is 9.07. The molecule has 2 aromatic rings. The van der Waals surface area contributed by atoms with Gasteiger partial charge in [-0.25, -0.2) is 4.99 Å². The monoisotopic (exact) mass is 431 g/mol. The van der Waals surface area contributed by atoms with Crippen molar-refractivity contribution >= 4 is 23.1 Å². The molecule has 2 saturated heterocycles. The highest BCUT2D eigenvalue weighted by Gasteiger charge is 2.60. The Morgan fingerprint density at radius 2 is 1.53 bits per heavy atom. The van der Waals surface area contributed by atoms with E-state index in [1.807, 2.05) is 59.5 Å². The fraction of sp³-hybridized carbons (Fsp3) is 0.481. The lowest BCUT2D eigenvalue weighted by Crippen LogP contribution is -2.52. The van der Waals surface area contributed by atoms with Crippen molar-refractivity contribution in [2.75, 3.05) is 25.1 Å². The molecule has 1 amide bonds. The maximum absolute atomic E-state index is 14.2. The summed E-state index contributed by atoms with van der Waals surface area (Å²) < 4.78 is 5.33. The highest BCUT2D eigenvalue weighted by atomic mass is 16.5. The molecule has 5 rings (SSSR count). The van der Waals surface area contributed by atoms with Gasteiger partial charge in [-0.2, -0.15) is 0 Å². The quantitative estimate of drug-likeness (QED) is 0.635. The number of anilines is 1. The Morgan fingerprint density at radius 3 is 2.19 bits per heavy atom. The van der Waals surface area contributed by atoms with Crippen molar-refractivity contribution in [3.63, 3.8) is 0 Å². The minimum absolute atomic E-state index is 0.0397. The van der Waals surface area contributed by atoms with Crippen molar-refractivity contribution < 1.29 is 9.53 Å². The molecule has 3 fully saturated rings. The molecule has 3 aliphatic rings. The normalized spacial score (nSPS) is 24.9. The first-order valence-electron chi connectivity index (χ1n) is 12.1. The van der Waals surface area contributed by atoms with Crippen molar-refractivity contribution in [1.82, 2.24) is 4.90 Å². The Bertz CT molecular complexity index is 958. The number of amidine groups is 1. The summed E-state index contributed by atoms with van der Waals surface area (Å²) in [5.41, 5.74) is 1.43. The number of hydrogen-bond donors (Lipinski definition) is 0. The number of nitrogens with zero attached hydrogens (tertiary/aromatic N) is 3. The molecular formula is C27H33N3O2. The lowest BCUT2D eigenvalue weighted by atomic mass is 9.69. The molecule has 1 saturated carbocycles. The van der Waals surface area contributed by atoms with Crippen LogP contribution in [0.2, 0.25) is 0 Å². The maximum atomic E-state index is 14.2.